The summed E-state index contributed by atoms with van der Waals surface area (Å²) in [5, 5.41) is 0.861. The Kier molecular flexibility index (Phi) is 2.05. The van der Waals surface area contributed by atoms with Crippen LogP contribution in [0.15, 0.2) is 39.8 Å². The van der Waals surface area contributed by atoms with Gasteiger partial charge in [0.15, 0.2) is 0 Å². The zero-order valence-electron chi connectivity index (χ0n) is 7.43. The lowest BCUT2D eigenvalue weighted by Crippen LogP contribution is -2.01. The molecule has 0 bridgehead atoms. The minimum absolute atomic E-state index is 0.0995. The molecule has 14 heavy (non-hydrogen) atoms. The van der Waals surface area contributed by atoms with Crippen LogP contribution in [-0.4, -0.2) is 15.5 Å². The van der Waals surface area contributed by atoms with Crippen LogP contribution in [0.2, 0.25) is 0 Å². The Labute approximate surface area is 81.2 Å². The zero-order chi connectivity index (χ0) is 10.2. The fourth-order valence-electron chi connectivity index (χ4n) is 1.19. The van der Waals surface area contributed by atoms with Gasteiger partial charge in [-0.25, -0.2) is 0 Å². The van der Waals surface area contributed by atoms with Crippen LogP contribution in [0.4, 0.5) is 0 Å². The molecule has 0 radical (unpaired) electrons. The van der Waals surface area contributed by atoms with Crippen LogP contribution in [0.3, 0.4) is 0 Å². The molecule has 0 atom stereocenters. The Morgan fingerprint density at radius 2 is 2.07 bits per heavy atom. The summed E-state index contributed by atoms with van der Waals surface area (Å²) in [5.74, 6) is 0. The molecular weight excluding hydrogens is 204 g/mol. The van der Waals surface area contributed by atoms with E-state index in [2.05, 4.69) is 4.18 Å². The molecule has 0 aliphatic heterocycles. The van der Waals surface area contributed by atoms with Gasteiger partial charge in [-0.1, -0.05) is 0 Å². The summed E-state index contributed by atoms with van der Waals surface area (Å²) in [6.45, 7) is 0. The Morgan fingerprint density at radius 3 is 2.79 bits per heavy atom. The molecule has 1 heterocycles. The molecule has 2 aromatic rings. The number of rotatable bonds is 2. The average Bonchev–Trinajstić information content (AvgIpc) is 2.64. The van der Waals surface area contributed by atoms with Gasteiger partial charge in [0.1, 0.15) is 5.58 Å². The number of fused-ring (bicyclic) bond motifs is 1. The van der Waals surface area contributed by atoms with Crippen molar-refractivity contribution in [2.75, 3.05) is 7.11 Å². The van der Waals surface area contributed by atoms with Crippen molar-refractivity contribution in [3.8, 4) is 0 Å². The van der Waals surface area contributed by atoms with Crippen LogP contribution in [0.5, 0.6) is 0 Å². The van der Waals surface area contributed by atoms with E-state index in [1.807, 2.05) is 0 Å². The molecule has 5 heteroatoms. The van der Waals surface area contributed by atoms with Gasteiger partial charge < -0.3 is 4.42 Å². The molecule has 0 N–H and O–H groups in total. The smallest absolute Gasteiger partial charge is 0.296 e. The van der Waals surface area contributed by atoms with Crippen molar-refractivity contribution in [3.05, 3.63) is 30.5 Å². The lowest BCUT2D eigenvalue weighted by Gasteiger charge is -1.99. The first-order valence-corrected chi connectivity index (χ1v) is 5.32. The molecule has 0 saturated heterocycles. The molecule has 0 saturated carbocycles. The van der Waals surface area contributed by atoms with Gasteiger partial charge >= 0.3 is 0 Å². The van der Waals surface area contributed by atoms with E-state index in [1.165, 1.54) is 18.4 Å². The van der Waals surface area contributed by atoms with Gasteiger partial charge in [-0.05, 0) is 18.2 Å². The summed E-state index contributed by atoms with van der Waals surface area (Å²) in [5.41, 5.74) is 0.531. The highest BCUT2D eigenvalue weighted by atomic mass is 32.2. The lowest BCUT2D eigenvalue weighted by molar-refractivity contribution is 0.397. The summed E-state index contributed by atoms with van der Waals surface area (Å²) in [6.07, 6.45) is 1.51. The third-order valence-corrected chi connectivity index (χ3v) is 3.21. The minimum atomic E-state index is -3.63. The van der Waals surface area contributed by atoms with Crippen LogP contribution in [0.1, 0.15) is 0 Å². The molecule has 0 aliphatic carbocycles. The standard InChI is InChI=1S/C9H8O4S/c1-12-14(10,11)8-3-2-7-4-5-13-9(7)6-8/h2-6H,1H3. The van der Waals surface area contributed by atoms with Crippen molar-refractivity contribution >= 4 is 21.1 Å². The fourth-order valence-corrected chi connectivity index (χ4v) is 1.87. The molecule has 1 aromatic heterocycles. The molecule has 0 spiro atoms. The van der Waals surface area contributed by atoms with Crippen LogP contribution < -0.4 is 0 Å². The SMILES string of the molecule is COS(=O)(=O)c1ccc2ccoc2c1. The molecular formula is C9H8O4S. The number of hydrogen-bond donors (Lipinski definition) is 0. The second-order valence-corrected chi connectivity index (χ2v) is 4.45. The predicted octanol–water partition coefficient (Wildman–Crippen LogP) is 1.77. The van der Waals surface area contributed by atoms with E-state index in [0.717, 1.165) is 12.5 Å². The molecule has 0 fully saturated rings. The molecule has 2 rings (SSSR count). The van der Waals surface area contributed by atoms with Gasteiger partial charge in [-0.3, -0.25) is 4.18 Å². The molecule has 4 nitrogen and oxygen atoms in total. The molecule has 0 amide bonds. The first kappa shape index (κ1) is 9.23. The van der Waals surface area contributed by atoms with Crippen LogP contribution in [0.25, 0.3) is 11.0 Å². The van der Waals surface area contributed by atoms with Crippen molar-refractivity contribution in [1.82, 2.24) is 0 Å². The highest BCUT2D eigenvalue weighted by Gasteiger charge is 2.13. The third-order valence-electron chi connectivity index (χ3n) is 1.94. The maximum atomic E-state index is 11.3. The van der Waals surface area contributed by atoms with E-state index in [1.54, 1.807) is 12.1 Å². The third kappa shape index (κ3) is 1.40. The van der Waals surface area contributed by atoms with Crippen molar-refractivity contribution < 1.29 is 17.0 Å². The molecule has 1 aromatic carbocycles. The van der Waals surface area contributed by atoms with E-state index in [4.69, 9.17) is 4.42 Å². The van der Waals surface area contributed by atoms with Gasteiger partial charge in [0.05, 0.1) is 18.3 Å². The minimum Gasteiger partial charge on any atom is -0.464 e. The Bertz CT molecular complexity index is 553. The second-order valence-electron chi connectivity index (χ2n) is 2.74. The van der Waals surface area contributed by atoms with Gasteiger partial charge in [0, 0.05) is 11.5 Å². The van der Waals surface area contributed by atoms with E-state index in [9.17, 15) is 8.42 Å². The first-order valence-electron chi connectivity index (χ1n) is 3.91. The average molecular weight is 212 g/mol. The van der Waals surface area contributed by atoms with Gasteiger partial charge in [-0.2, -0.15) is 8.42 Å². The normalized spacial score (nSPS) is 12.1. The topological polar surface area (TPSA) is 56.5 Å². The van der Waals surface area contributed by atoms with Crippen LogP contribution >= 0.6 is 0 Å². The van der Waals surface area contributed by atoms with Crippen molar-refractivity contribution in [1.29, 1.82) is 0 Å². The number of hydrogen-bond acceptors (Lipinski definition) is 4. The van der Waals surface area contributed by atoms with Crippen molar-refractivity contribution in [3.63, 3.8) is 0 Å². The molecule has 0 unspecified atom stereocenters. The molecule has 74 valence electrons. The largest absolute Gasteiger partial charge is 0.464 e. The van der Waals surface area contributed by atoms with Gasteiger partial charge in [-0.15, -0.1) is 0 Å². The zero-order valence-corrected chi connectivity index (χ0v) is 8.24. The number of furan rings is 1. The van der Waals surface area contributed by atoms with Crippen LogP contribution in [-0.2, 0) is 14.3 Å². The van der Waals surface area contributed by atoms with Crippen molar-refractivity contribution in [2.45, 2.75) is 4.90 Å². The van der Waals surface area contributed by atoms with E-state index >= 15 is 0 Å². The van der Waals surface area contributed by atoms with E-state index in [0.29, 0.717) is 5.58 Å². The van der Waals surface area contributed by atoms with Crippen molar-refractivity contribution in [2.24, 2.45) is 0 Å². The second kappa shape index (κ2) is 3.11. The maximum absolute atomic E-state index is 11.3. The summed E-state index contributed by atoms with van der Waals surface area (Å²) in [4.78, 5) is 0.0995. The van der Waals surface area contributed by atoms with Gasteiger partial charge in [0.2, 0.25) is 0 Å². The Balaban J connectivity index is 2.65. The predicted molar refractivity (Wildman–Crippen MR) is 50.4 cm³/mol. The highest BCUT2D eigenvalue weighted by molar-refractivity contribution is 7.86. The van der Waals surface area contributed by atoms with E-state index in [-0.39, 0.29) is 4.90 Å². The summed E-state index contributed by atoms with van der Waals surface area (Å²) >= 11 is 0. The number of benzene rings is 1. The summed E-state index contributed by atoms with van der Waals surface area (Å²) in [7, 11) is -2.50. The van der Waals surface area contributed by atoms with Crippen LogP contribution in [0, 0.1) is 0 Å². The molecule has 0 aliphatic rings. The Morgan fingerprint density at radius 1 is 1.29 bits per heavy atom. The fraction of sp³-hybridized carbons (Fsp3) is 0.111. The summed E-state index contributed by atoms with van der Waals surface area (Å²) < 4.78 is 32.1. The first-order chi connectivity index (χ1) is 6.63. The highest BCUT2D eigenvalue weighted by Crippen LogP contribution is 2.20. The quantitative estimate of drug-likeness (QED) is 0.712. The summed E-state index contributed by atoms with van der Waals surface area (Å²) in [6, 6.07) is 6.36. The monoisotopic (exact) mass is 212 g/mol. The lowest BCUT2D eigenvalue weighted by atomic mass is 10.3. The maximum Gasteiger partial charge on any atom is 0.296 e. The van der Waals surface area contributed by atoms with E-state index < -0.39 is 10.1 Å². The Hall–Kier alpha value is -1.33. The van der Waals surface area contributed by atoms with Gasteiger partial charge in [0.25, 0.3) is 10.1 Å².